The molecule has 4 heterocycles. The number of aromatic nitrogens is 3. The molecular weight excluding hydrogens is 1100 g/mol. The van der Waals surface area contributed by atoms with E-state index in [1.165, 1.54) is 36.8 Å². The first-order chi connectivity index (χ1) is 39.5. The molecule has 0 unspecified atom stereocenters. The summed E-state index contributed by atoms with van der Waals surface area (Å²) in [5.74, 6) is -1.26. The number of likely N-dealkylation sites (tertiary alicyclic amines) is 1. The maximum Gasteiger partial charge on any atom is 0.416 e. The Hall–Kier alpha value is -7.78. The Bertz CT molecular complexity index is 3360. The lowest BCUT2D eigenvalue weighted by Crippen LogP contribution is -2.40. The van der Waals surface area contributed by atoms with Gasteiger partial charge in [0.2, 0.25) is 23.6 Å². The summed E-state index contributed by atoms with van der Waals surface area (Å²) in [6, 6.07) is 20.8. The van der Waals surface area contributed by atoms with E-state index >= 15 is 0 Å². The number of amides is 4. The van der Waals surface area contributed by atoms with E-state index in [-0.39, 0.29) is 105 Å². The number of nitrogens with zero attached hydrogens (tertiary/aromatic N) is 5. The van der Waals surface area contributed by atoms with Gasteiger partial charge >= 0.3 is 6.18 Å². The van der Waals surface area contributed by atoms with Crippen LogP contribution in [-0.2, 0) is 51.4 Å². The number of carbonyl (C=O) groups excluding carboxylic acids is 4. The molecule has 3 aromatic heterocycles. The fraction of sp³-hybridized carbons (Fsp3) is 0.390. The Balaban J connectivity index is 0.707. The van der Waals surface area contributed by atoms with E-state index in [0.29, 0.717) is 75.0 Å². The summed E-state index contributed by atoms with van der Waals surface area (Å²) in [6.07, 6.45) is 9.71. The van der Waals surface area contributed by atoms with Crippen LogP contribution in [0.3, 0.4) is 0 Å². The van der Waals surface area contributed by atoms with Crippen molar-refractivity contribution in [2.24, 2.45) is 11.8 Å². The molecule has 1 saturated heterocycles. The van der Waals surface area contributed by atoms with Gasteiger partial charge in [0.1, 0.15) is 17.6 Å². The van der Waals surface area contributed by atoms with Crippen LogP contribution in [0.4, 0.5) is 18.3 Å². The van der Waals surface area contributed by atoms with Gasteiger partial charge in [-0.2, -0.15) is 18.4 Å². The number of rotatable bonds is 22. The maximum absolute atomic E-state index is 14.5. The molecule has 0 bridgehead atoms. The van der Waals surface area contributed by atoms with Crippen molar-refractivity contribution in [1.82, 2.24) is 35.8 Å². The van der Waals surface area contributed by atoms with Crippen LogP contribution in [0.5, 0.6) is 11.5 Å². The van der Waals surface area contributed by atoms with E-state index in [1.807, 2.05) is 12.1 Å². The van der Waals surface area contributed by atoms with Crippen molar-refractivity contribution in [2.45, 2.75) is 113 Å². The molecule has 0 spiro atoms. The zero-order valence-corrected chi connectivity index (χ0v) is 46.5. The molecule has 4 N–H and O–H groups in total. The van der Waals surface area contributed by atoms with Crippen molar-refractivity contribution < 1.29 is 55.0 Å². The number of carbonyl (C=O) groups is 4. The summed E-state index contributed by atoms with van der Waals surface area (Å²) in [5, 5.41) is 20.7. The lowest BCUT2D eigenvalue weighted by atomic mass is 9.85. The van der Waals surface area contributed by atoms with Crippen LogP contribution in [0.25, 0.3) is 22.3 Å². The molecule has 82 heavy (non-hydrogen) atoms. The number of ether oxygens (including phenoxy) is 3. The lowest BCUT2D eigenvalue weighted by molar-refractivity contribution is -0.137. The van der Waals surface area contributed by atoms with Crippen molar-refractivity contribution in [3.8, 4) is 39.8 Å². The minimum Gasteiger partial charge on any atom is -0.455 e. The van der Waals surface area contributed by atoms with Crippen LogP contribution in [0.15, 0.2) is 120 Å². The normalized spacial score (nSPS) is 20.1. The molecule has 3 fully saturated rings. The van der Waals surface area contributed by atoms with Crippen molar-refractivity contribution in [3.05, 3.63) is 137 Å². The molecule has 3 aromatic carbocycles. The van der Waals surface area contributed by atoms with Crippen molar-refractivity contribution >= 4 is 50.1 Å². The number of nitrogens with one attached hydrogen (secondary N) is 4. The number of alkyl halides is 3. The summed E-state index contributed by atoms with van der Waals surface area (Å²) in [5.41, 5.74) is 1.72. The van der Waals surface area contributed by atoms with Crippen LogP contribution < -0.4 is 25.4 Å². The second-order valence-electron chi connectivity index (χ2n) is 20.6. The molecule has 2 atom stereocenters. The SMILES string of the molecule is CN1C(=O)C[C@H](C(=O)NCCOC2CCC(OCCCC(=O)NC3CCC(C(=O)NCc4cc(-c5ccc(Oc6ccc(S(=O)(=O)Nc7nccs7)cc6C#N)c(-c6ccncc6)c5)cc(C(F)(F)F)c4)CC3)CC2)[C@H]1c1cccnc1. The number of benzene rings is 3. The largest absolute Gasteiger partial charge is 0.455 e. The van der Waals surface area contributed by atoms with E-state index in [0.717, 1.165) is 54.7 Å². The van der Waals surface area contributed by atoms with Crippen molar-refractivity contribution in [1.29, 1.82) is 5.26 Å². The van der Waals surface area contributed by atoms with Crippen LogP contribution in [0.1, 0.15) is 98.9 Å². The minimum atomic E-state index is -4.71. The van der Waals surface area contributed by atoms with Gasteiger partial charge in [-0.3, -0.25) is 33.9 Å². The average Bonchev–Trinajstić information content (AvgIpc) is 4.20. The summed E-state index contributed by atoms with van der Waals surface area (Å²) in [4.78, 5) is 65.5. The topological polar surface area (TPSA) is 244 Å². The van der Waals surface area contributed by atoms with Crippen LogP contribution in [0, 0.1) is 23.2 Å². The van der Waals surface area contributed by atoms with Gasteiger partial charge in [0, 0.05) is 93.5 Å². The second kappa shape index (κ2) is 26.9. The average molecular weight is 1160 g/mol. The second-order valence-corrected chi connectivity index (χ2v) is 23.2. The molecule has 0 radical (unpaired) electrons. The molecule has 2 saturated carbocycles. The Kier molecular flexibility index (Phi) is 19.3. The predicted molar refractivity (Wildman–Crippen MR) is 298 cm³/mol. The number of hydrogen-bond acceptors (Lipinski definition) is 14. The van der Waals surface area contributed by atoms with Crippen molar-refractivity contribution in [2.75, 3.05) is 31.5 Å². The van der Waals surface area contributed by atoms with Gasteiger partial charge < -0.3 is 35.1 Å². The minimum absolute atomic E-state index is 0.0366. The Morgan fingerprint density at radius 3 is 2.24 bits per heavy atom. The molecule has 6 aromatic rings. The smallest absolute Gasteiger partial charge is 0.416 e. The third-order valence-corrected chi connectivity index (χ3v) is 17.2. The Morgan fingerprint density at radius 1 is 0.805 bits per heavy atom. The van der Waals surface area contributed by atoms with Gasteiger partial charge in [-0.15, -0.1) is 11.3 Å². The predicted octanol–water partition coefficient (Wildman–Crippen LogP) is 9.50. The molecule has 9 rings (SSSR count). The number of hydrogen-bond donors (Lipinski definition) is 4. The number of nitriles is 1. The summed E-state index contributed by atoms with van der Waals surface area (Å²) in [6.45, 7) is 0.980. The maximum atomic E-state index is 14.5. The Morgan fingerprint density at radius 2 is 1.55 bits per heavy atom. The van der Waals surface area contributed by atoms with E-state index in [2.05, 4.69) is 35.6 Å². The first-order valence-corrected chi connectivity index (χ1v) is 29.5. The highest BCUT2D eigenvalue weighted by atomic mass is 32.2. The molecule has 1 aliphatic heterocycles. The number of thiazole rings is 1. The highest BCUT2D eigenvalue weighted by molar-refractivity contribution is 7.93. The van der Waals surface area contributed by atoms with Gasteiger partial charge in [-0.1, -0.05) is 12.1 Å². The van der Waals surface area contributed by atoms with Gasteiger partial charge in [-0.25, -0.2) is 13.4 Å². The monoisotopic (exact) mass is 1160 g/mol. The van der Waals surface area contributed by atoms with Gasteiger partial charge in [0.15, 0.2) is 5.13 Å². The third kappa shape index (κ3) is 15.2. The van der Waals surface area contributed by atoms with E-state index < -0.39 is 27.7 Å². The molecule has 3 aliphatic rings. The van der Waals surface area contributed by atoms with Gasteiger partial charge in [-0.05, 0) is 152 Å². The molecular formula is C59H62F3N9O9S2. The van der Waals surface area contributed by atoms with Crippen LogP contribution >= 0.6 is 11.3 Å². The standard InChI is InChI=1S/C59H62F3N9O9S2/c1-71-54(73)33-50(55(71)41-4-2-20-65-36-41)57(75)66-23-26-79-47-13-11-46(12-14-47)78-25-3-5-53(72)69-45-9-6-39(7-10-45)56(74)68-35-37-28-42(30-44(29-37)59(60,61)62)40-8-16-52(49(32-40)38-18-21-64-22-19-38)80-51-17-15-48(31-43(51)34-63)82(76,77)70-58-67-24-27-81-58/h2,4,8,15-22,24,27-32,36,39,45-47,50,55H,3,5-7,9-14,23,25-26,33,35H2,1H3,(H,66,75)(H,67,70)(H,68,74)(H,69,72)/t39?,45?,46?,47?,50-,55+/m0/s1. The summed E-state index contributed by atoms with van der Waals surface area (Å²) >= 11 is 1.09. The third-order valence-electron chi connectivity index (χ3n) is 15.0. The lowest BCUT2D eigenvalue weighted by Gasteiger charge is -2.29. The molecule has 23 heteroatoms. The highest BCUT2D eigenvalue weighted by Crippen LogP contribution is 2.41. The highest BCUT2D eigenvalue weighted by Gasteiger charge is 2.43. The fourth-order valence-corrected chi connectivity index (χ4v) is 12.5. The Labute approximate surface area is 477 Å². The van der Waals surface area contributed by atoms with Crippen molar-refractivity contribution in [3.63, 3.8) is 0 Å². The first kappa shape index (κ1) is 58.9. The fourth-order valence-electron chi connectivity index (χ4n) is 10.7. The van der Waals surface area contributed by atoms with E-state index in [4.69, 9.17) is 14.2 Å². The summed E-state index contributed by atoms with van der Waals surface area (Å²) in [7, 11) is -2.39. The van der Waals surface area contributed by atoms with E-state index in [1.54, 1.807) is 72.2 Å². The van der Waals surface area contributed by atoms with Gasteiger partial charge in [0.25, 0.3) is 10.0 Å². The van der Waals surface area contributed by atoms with Crippen LogP contribution in [-0.4, -0.2) is 97.0 Å². The van der Waals surface area contributed by atoms with E-state index in [9.17, 15) is 46.0 Å². The number of pyridine rings is 2. The number of sulfonamides is 1. The number of halogens is 3. The van der Waals surface area contributed by atoms with Crippen LogP contribution in [0.2, 0.25) is 0 Å². The zero-order valence-electron chi connectivity index (χ0n) is 44.9. The zero-order chi connectivity index (χ0) is 57.8. The quantitative estimate of drug-likeness (QED) is 0.0463. The molecule has 4 amide bonds. The molecule has 2 aliphatic carbocycles. The summed E-state index contributed by atoms with van der Waals surface area (Å²) < 4.78 is 90.3. The first-order valence-electron chi connectivity index (χ1n) is 27.1. The molecule has 18 nitrogen and oxygen atoms in total. The number of anilines is 1. The molecule has 430 valence electrons. The van der Waals surface area contributed by atoms with Gasteiger partial charge in [0.05, 0.1) is 46.8 Å².